The van der Waals surface area contributed by atoms with Gasteiger partial charge in [0.2, 0.25) is 0 Å². The Kier molecular flexibility index (Phi) is 7.26. The van der Waals surface area contributed by atoms with Crippen molar-refractivity contribution in [2.45, 2.75) is 39.0 Å². The molecule has 0 saturated carbocycles. The lowest BCUT2D eigenvalue weighted by atomic mass is 10.0. The maximum absolute atomic E-state index is 9.99. The summed E-state index contributed by atoms with van der Waals surface area (Å²) in [7, 11) is 0. The molecule has 2 heterocycles. The minimum absolute atomic E-state index is 0.250. The average molecular weight is 488 g/mol. The molecule has 0 bridgehead atoms. The van der Waals surface area contributed by atoms with E-state index in [1.54, 1.807) is 23.5 Å². The van der Waals surface area contributed by atoms with E-state index in [1.807, 2.05) is 36.4 Å². The summed E-state index contributed by atoms with van der Waals surface area (Å²) in [4.78, 5) is 5.01. The molecule has 1 aliphatic rings. The highest BCUT2D eigenvalue weighted by atomic mass is 32.1. The maximum Gasteiger partial charge on any atom is 0.143 e. The van der Waals surface area contributed by atoms with Crippen molar-refractivity contribution in [1.82, 2.24) is 4.90 Å². The lowest BCUT2D eigenvalue weighted by Gasteiger charge is -2.26. The van der Waals surface area contributed by atoms with E-state index in [0.29, 0.717) is 12.5 Å². The Morgan fingerprint density at radius 2 is 1.66 bits per heavy atom. The van der Waals surface area contributed by atoms with E-state index in [0.717, 1.165) is 40.1 Å². The molecule has 35 heavy (non-hydrogen) atoms. The average Bonchev–Trinajstić information content (AvgIpc) is 3.36. The van der Waals surface area contributed by atoms with E-state index < -0.39 is 0 Å². The number of aromatic hydroxyl groups is 1. The number of benzene rings is 3. The molecule has 0 amide bonds. The smallest absolute Gasteiger partial charge is 0.143 e. The van der Waals surface area contributed by atoms with Gasteiger partial charge in [-0.3, -0.25) is 4.90 Å². The van der Waals surface area contributed by atoms with Crippen molar-refractivity contribution in [2.24, 2.45) is 0 Å². The van der Waals surface area contributed by atoms with Gasteiger partial charge in [0.05, 0.1) is 0 Å². The van der Waals surface area contributed by atoms with Gasteiger partial charge in [-0.1, -0.05) is 26.3 Å². The molecule has 0 unspecified atom stereocenters. The van der Waals surface area contributed by atoms with Crippen LogP contribution in [-0.4, -0.2) is 36.2 Å². The second-order valence-corrected chi connectivity index (χ2v) is 10.6. The number of piperidine rings is 1. The molecule has 1 saturated heterocycles. The Balaban J connectivity index is 1.37. The van der Waals surface area contributed by atoms with Crippen molar-refractivity contribution in [3.63, 3.8) is 0 Å². The molecule has 182 valence electrons. The van der Waals surface area contributed by atoms with Gasteiger partial charge in [-0.25, -0.2) is 0 Å². The summed E-state index contributed by atoms with van der Waals surface area (Å²) in [5.41, 5.74) is 1.06. The molecule has 1 fully saturated rings. The topological polar surface area (TPSA) is 41.9 Å². The van der Waals surface area contributed by atoms with Crippen molar-refractivity contribution in [3.8, 4) is 33.4 Å². The number of ether oxygens (including phenoxy) is 2. The standard InChI is InChI=1S/C30H33NO3S/c1-21(2)28-14-15-29(35-28)27-12-6-22-20-23(32)7-13-26(22)30(27)34-25-10-8-24(9-11-25)33-19-18-31-16-4-3-5-17-31/h6-15,20-21,32H,3-5,16-19H2,1-2H3. The van der Waals surface area contributed by atoms with Crippen molar-refractivity contribution >= 4 is 22.1 Å². The maximum atomic E-state index is 9.99. The third-order valence-corrected chi connectivity index (χ3v) is 8.00. The van der Waals surface area contributed by atoms with Crippen molar-refractivity contribution in [2.75, 3.05) is 26.2 Å². The van der Waals surface area contributed by atoms with Crippen molar-refractivity contribution < 1.29 is 14.6 Å². The van der Waals surface area contributed by atoms with Gasteiger partial charge in [0, 0.05) is 27.2 Å². The minimum Gasteiger partial charge on any atom is -0.508 e. The van der Waals surface area contributed by atoms with Crippen LogP contribution in [-0.2, 0) is 0 Å². The lowest BCUT2D eigenvalue weighted by Crippen LogP contribution is -2.33. The van der Waals surface area contributed by atoms with Gasteiger partial charge in [-0.05, 0) is 97.9 Å². The Morgan fingerprint density at radius 1 is 0.886 bits per heavy atom. The van der Waals surface area contributed by atoms with Crippen LogP contribution in [0.25, 0.3) is 21.2 Å². The van der Waals surface area contributed by atoms with E-state index in [2.05, 4.69) is 36.9 Å². The van der Waals surface area contributed by atoms with Crippen molar-refractivity contribution in [3.05, 3.63) is 71.6 Å². The van der Waals surface area contributed by atoms with Crippen LogP contribution in [0, 0.1) is 0 Å². The van der Waals surface area contributed by atoms with Gasteiger partial charge in [-0.15, -0.1) is 11.3 Å². The quantitative estimate of drug-likeness (QED) is 0.273. The summed E-state index contributed by atoms with van der Waals surface area (Å²) >= 11 is 1.80. The zero-order valence-electron chi connectivity index (χ0n) is 20.5. The number of phenolic OH excluding ortho intramolecular Hbond substituents is 1. The first-order valence-corrected chi connectivity index (χ1v) is 13.4. The third-order valence-electron chi connectivity index (χ3n) is 6.58. The third kappa shape index (κ3) is 5.63. The summed E-state index contributed by atoms with van der Waals surface area (Å²) in [5, 5.41) is 11.9. The zero-order valence-corrected chi connectivity index (χ0v) is 21.3. The summed E-state index contributed by atoms with van der Waals surface area (Å²) in [6.07, 6.45) is 3.95. The Bertz CT molecular complexity index is 1270. The molecular formula is C30H33NO3S. The van der Waals surface area contributed by atoms with Gasteiger partial charge in [0.1, 0.15) is 29.6 Å². The molecule has 0 atom stereocenters. The first kappa shape index (κ1) is 23.7. The van der Waals surface area contributed by atoms with E-state index in [9.17, 15) is 5.11 Å². The molecule has 4 nitrogen and oxygen atoms in total. The van der Waals surface area contributed by atoms with E-state index in [4.69, 9.17) is 9.47 Å². The summed E-state index contributed by atoms with van der Waals surface area (Å²) in [6.45, 7) is 8.48. The van der Waals surface area contributed by atoms with Crippen LogP contribution in [0.3, 0.4) is 0 Å². The molecule has 5 rings (SSSR count). The van der Waals surface area contributed by atoms with Crippen LogP contribution in [0.4, 0.5) is 0 Å². The number of phenols is 1. The second kappa shape index (κ2) is 10.7. The number of rotatable bonds is 8. The van der Waals surface area contributed by atoms with Gasteiger partial charge in [0.25, 0.3) is 0 Å². The van der Waals surface area contributed by atoms with Crippen LogP contribution in [0.2, 0.25) is 0 Å². The van der Waals surface area contributed by atoms with Crippen LogP contribution in [0.15, 0.2) is 66.7 Å². The Hall–Kier alpha value is -3.02. The fourth-order valence-corrected chi connectivity index (χ4v) is 5.63. The zero-order chi connectivity index (χ0) is 24.2. The largest absolute Gasteiger partial charge is 0.508 e. The number of hydrogen-bond acceptors (Lipinski definition) is 5. The molecule has 5 heteroatoms. The molecular weight excluding hydrogens is 454 g/mol. The van der Waals surface area contributed by atoms with E-state index in [1.165, 1.54) is 42.1 Å². The molecule has 1 aromatic heterocycles. The molecule has 0 spiro atoms. The summed E-state index contributed by atoms with van der Waals surface area (Å²) in [6, 6.07) is 21.8. The van der Waals surface area contributed by atoms with Crippen molar-refractivity contribution in [1.29, 1.82) is 0 Å². The molecule has 1 N–H and O–H groups in total. The monoisotopic (exact) mass is 487 g/mol. The van der Waals surface area contributed by atoms with E-state index in [-0.39, 0.29) is 5.75 Å². The van der Waals surface area contributed by atoms with Crippen LogP contribution < -0.4 is 9.47 Å². The second-order valence-electron chi connectivity index (χ2n) is 9.53. The fraction of sp³-hybridized carbons (Fsp3) is 0.333. The number of fused-ring (bicyclic) bond motifs is 1. The van der Waals surface area contributed by atoms with Gasteiger partial charge >= 0.3 is 0 Å². The number of likely N-dealkylation sites (tertiary alicyclic amines) is 1. The number of nitrogens with zero attached hydrogens (tertiary/aromatic N) is 1. The van der Waals surface area contributed by atoms with Crippen LogP contribution >= 0.6 is 11.3 Å². The Morgan fingerprint density at radius 3 is 2.40 bits per heavy atom. The highest BCUT2D eigenvalue weighted by Gasteiger charge is 2.16. The lowest BCUT2D eigenvalue weighted by molar-refractivity contribution is 0.183. The van der Waals surface area contributed by atoms with E-state index >= 15 is 0 Å². The van der Waals surface area contributed by atoms with Crippen LogP contribution in [0.5, 0.6) is 23.0 Å². The predicted octanol–water partition coefficient (Wildman–Crippen LogP) is 8.05. The van der Waals surface area contributed by atoms with Gasteiger partial charge in [0.15, 0.2) is 0 Å². The first-order valence-electron chi connectivity index (χ1n) is 12.6. The first-order chi connectivity index (χ1) is 17.1. The number of thiophene rings is 1. The minimum atomic E-state index is 0.250. The molecule has 0 aliphatic carbocycles. The molecule has 0 radical (unpaired) electrons. The number of hydrogen-bond donors (Lipinski definition) is 1. The summed E-state index contributed by atoms with van der Waals surface area (Å²) in [5.74, 6) is 3.16. The molecule has 3 aromatic carbocycles. The van der Waals surface area contributed by atoms with Gasteiger partial charge in [-0.2, -0.15) is 0 Å². The van der Waals surface area contributed by atoms with Crippen LogP contribution in [0.1, 0.15) is 43.9 Å². The van der Waals surface area contributed by atoms with Gasteiger partial charge < -0.3 is 14.6 Å². The normalized spacial score (nSPS) is 14.5. The molecule has 1 aliphatic heterocycles. The molecule has 4 aromatic rings. The SMILES string of the molecule is CC(C)c1ccc(-c2ccc3cc(O)ccc3c2Oc2ccc(OCCN3CCCCC3)cc2)s1. The summed E-state index contributed by atoms with van der Waals surface area (Å²) < 4.78 is 12.5. The highest BCUT2D eigenvalue weighted by molar-refractivity contribution is 7.15. The Labute approximate surface area is 211 Å². The predicted molar refractivity (Wildman–Crippen MR) is 145 cm³/mol. The fourth-order valence-electron chi connectivity index (χ4n) is 4.60. The highest BCUT2D eigenvalue weighted by Crippen LogP contribution is 2.43.